The number of carboxylic acids is 1. The fourth-order valence-corrected chi connectivity index (χ4v) is 1.70. The van der Waals surface area contributed by atoms with Crippen molar-refractivity contribution < 1.29 is 14.7 Å². The van der Waals surface area contributed by atoms with Crippen LogP contribution in [0.2, 0.25) is 0 Å². The molecule has 0 aromatic rings. The standard InChI is InChI=1S/C12H24N2O3/c1-8(2)5-10(6-11(15)16)7-13-12(17)14-9(3)4/h8-10H,5-7H2,1-4H3,(H,15,16)(H2,13,14,17). The zero-order chi connectivity index (χ0) is 13.4. The molecule has 0 bridgehead atoms. The minimum absolute atomic E-state index is 0.00888. The van der Waals surface area contributed by atoms with E-state index in [9.17, 15) is 9.59 Å². The third-order valence-electron chi connectivity index (χ3n) is 2.24. The predicted molar refractivity (Wildman–Crippen MR) is 66.9 cm³/mol. The van der Waals surface area contributed by atoms with Gasteiger partial charge in [-0.25, -0.2) is 4.79 Å². The number of hydrogen-bond acceptors (Lipinski definition) is 2. The second-order valence-corrected chi connectivity index (χ2v) is 5.10. The molecular formula is C12H24N2O3. The molecule has 0 heterocycles. The largest absolute Gasteiger partial charge is 0.481 e. The highest BCUT2D eigenvalue weighted by Gasteiger charge is 2.16. The molecule has 0 saturated carbocycles. The molecule has 0 aliphatic rings. The Morgan fingerprint density at radius 1 is 1.18 bits per heavy atom. The topological polar surface area (TPSA) is 78.4 Å². The van der Waals surface area contributed by atoms with E-state index in [0.717, 1.165) is 6.42 Å². The molecule has 2 amide bonds. The Balaban J connectivity index is 4.06. The van der Waals surface area contributed by atoms with Crippen LogP contribution in [0.1, 0.15) is 40.5 Å². The van der Waals surface area contributed by atoms with Gasteiger partial charge in [0.2, 0.25) is 0 Å². The average molecular weight is 244 g/mol. The number of carbonyl (C=O) groups is 2. The van der Waals surface area contributed by atoms with E-state index < -0.39 is 5.97 Å². The minimum atomic E-state index is -0.818. The molecule has 3 N–H and O–H groups in total. The summed E-state index contributed by atoms with van der Waals surface area (Å²) in [4.78, 5) is 22.0. The van der Waals surface area contributed by atoms with Crippen LogP contribution in [-0.4, -0.2) is 29.7 Å². The molecule has 5 heteroatoms. The molecule has 0 saturated heterocycles. The van der Waals surface area contributed by atoms with Crippen molar-refractivity contribution >= 4 is 12.0 Å². The molecule has 0 radical (unpaired) electrons. The molecule has 1 atom stereocenters. The van der Waals surface area contributed by atoms with Crippen molar-refractivity contribution in [2.75, 3.05) is 6.54 Å². The van der Waals surface area contributed by atoms with Crippen LogP contribution in [0, 0.1) is 11.8 Å². The van der Waals surface area contributed by atoms with Gasteiger partial charge in [-0.1, -0.05) is 13.8 Å². The molecule has 0 aromatic heterocycles. The van der Waals surface area contributed by atoms with Crippen LogP contribution < -0.4 is 10.6 Å². The van der Waals surface area contributed by atoms with E-state index in [1.54, 1.807) is 0 Å². The molecule has 0 fully saturated rings. The Kier molecular flexibility index (Phi) is 7.34. The molecule has 17 heavy (non-hydrogen) atoms. The Hall–Kier alpha value is -1.26. The first kappa shape index (κ1) is 15.7. The number of aliphatic carboxylic acids is 1. The lowest BCUT2D eigenvalue weighted by Gasteiger charge is -2.18. The SMILES string of the molecule is CC(C)CC(CNC(=O)NC(C)C)CC(=O)O. The number of carboxylic acid groups (broad SMARTS) is 1. The van der Waals surface area contributed by atoms with Gasteiger partial charge in [0.15, 0.2) is 0 Å². The van der Waals surface area contributed by atoms with Gasteiger partial charge in [0.1, 0.15) is 0 Å². The van der Waals surface area contributed by atoms with Crippen LogP contribution >= 0.6 is 0 Å². The number of rotatable bonds is 7. The highest BCUT2D eigenvalue weighted by Crippen LogP contribution is 2.14. The van der Waals surface area contributed by atoms with E-state index in [4.69, 9.17) is 5.11 Å². The zero-order valence-electron chi connectivity index (χ0n) is 11.1. The second kappa shape index (κ2) is 7.92. The number of carbonyl (C=O) groups excluding carboxylic acids is 1. The second-order valence-electron chi connectivity index (χ2n) is 5.10. The van der Waals surface area contributed by atoms with Crippen LogP contribution in [-0.2, 0) is 4.79 Å². The lowest BCUT2D eigenvalue weighted by molar-refractivity contribution is -0.138. The Bertz CT molecular complexity index is 252. The Morgan fingerprint density at radius 3 is 2.18 bits per heavy atom. The van der Waals surface area contributed by atoms with Crippen molar-refractivity contribution in [2.24, 2.45) is 11.8 Å². The zero-order valence-corrected chi connectivity index (χ0v) is 11.1. The third-order valence-corrected chi connectivity index (χ3v) is 2.24. The maximum atomic E-state index is 11.4. The quantitative estimate of drug-likeness (QED) is 0.639. The number of nitrogens with one attached hydrogen (secondary N) is 2. The Morgan fingerprint density at radius 2 is 1.76 bits per heavy atom. The van der Waals surface area contributed by atoms with E-state index in [-0.39, 0.29) is 24.4 Å². The maximum absolute atomic E-state index is 11.4. The summed E-state index contributed by atoms with van der Waals surface area (Å²) < 4.78 is 0. The van der Waals surface area contributed by atoms with Crippen LogP contribution in [0.3, 0.4) is 0 Å². The normalized spacial score (nSPS) is 12.6. The smallest absolute Gasteiger partial charge is 0.314 e. The monoisotopic (exact) mass is 244 g/mol. The molecule has 0 rings (SSSR count). The lowest BCUT2D eigenvalue weighted by Crippen LogP contribution is -2.41. The van der Waals surface area contributed by atoms with Gasteiger partial charge in [-0.15, -0.1) is 0 Å². The van der Waals surface area contributed by atoms with E-state index in [2.05, 4.69) is 10.6 Å². The van der Waals surface area contributed by atoms with Crippen molar-refractivity contribution in [2.45, 2.75) is 46.6 Å². The average Bonchev–Trinajstić information content (AvgIpc) is 2.11. The van der Waals surface area contributed by atoms with Gasteiger partial charge in [-0.3, -0.25) is 4.79 Å². The first-order chi connectivity index (χ1) is 7.81. The molecule has 5 nitrogen and oxygen atoms in total. The summed E-state index contributed by atoms with van der Waals surface area (Å²) in [6.07, 6.45) is 0.897. The van der Waals surface area contributed by atoms with Gasteiger partial charge in [-0.2, -0.15) is 0 Å². The van der Waals surface area contributed by atoms with E-state index in [1.807, 2.05) is 27.7 Å². The predicted octanol–water partition coefficient (Wildman–Crippen LogP) is 1.83. The summed E-state index contributed by atoms with van der Waals surface area (Å²) in [7, 11) is 0. The summed E-state index contributed by atoms with van der Waals surface area (Å²) in [5, 5.41) is 14.2. The first-order valence-corrected chi connectivity index (χ1v) is 6.07. The van der Waals surface area contributed by atoms with Crippen molar-refractivity contribution in [3.8, 4) is 0 Å². The highest BCUT2D eigenvalue weighted by molar-refractivity contribution is 5.74. The van der Waals surface area contributed by atoms with Crippen LogP contribution in [0.25, 0.3) is 0 Å². The third kappa shape index (κ3) is 9.66. The van der Waals surface area contributed by atoms with Crippen LogP contribution in [0.15, 0.2) is 0 Å². The van der Waals surface area contributed by atoms with Crippen molar-refractivity contribution in [1.29, 1.82) is 0 Å². The first-order valence-electron chi connectivity index (χ1n) is 6.07. The van der Waals surface area contributed by atoms with Crippen molar-refractivity contribution in [3.63, 3.8) is 0 Å². The summed E-state index contributed by atoms with van der Waals surface area (Å²) in [6.45, 7) is 8.25. The maximum Gasteiger partial charge on any atom is 0.314 e. The molecule has 0 spiro atoms. The fraction of sp³-hybridized carbons (Fsp3) is 0.833. The van der Waals surface area contributed by atoms with Gasteiger partial charge in [0.25, 0.3) is 0 Å². The van der Waals surface area contributed by atoms with Gasteiger partial charge in [0, 0.05) is 19.0 Å². The van der Waals surface area contributed by atoms with E-state index in [0.29, 0.717) is 12.5 Å². The molecule has 1 unspecified atom stereocenters. The van der Waals surface area contributed by atoms with Crippen molar-refractivity contribution in [1.82, 2.24) is 10.6 Å². The van der Waals surface area contributed by atoms with Gasteiger partial charge < -0.3 is 15.7 Å². The van der Waals surface area contributed by atoms with Crippen molar-refractivity contribution in [3.05, 3.63) is 0 Å². The summed E-state index contributed by atoms with van der Waals surface area (Å²) in [5.74, 6) is -0.401. The number of amides is 2. The van der Waals surface area contributed by atoms with Gasteiger partial charge in [-0.05, 0) is 32.1 Å². The molecule has 0 aromatic carbocycles. The summed E-state index contributed by atoms with van der Waals surface area (Å²) in [6, 6.07) is -0.155. The summed E-state index contributed by atoms with van der Waals surface area (Å²) in [5.41, 5.74) is 0. The van der Waals surface area contributed by atoms with Crippen LogP contribution in [0.5, 0.6) is 0 Å². The molecular weight excluding hydrogens is 220 g/mol. The Labute approximate surface area is 103 Å². The molecule has 0 aliphatic carbocycles. The summed E-state index contributed by atoms with van der Waals surface area (Å²) >= 11 is 0. The van der Waals surface area contributed by atoms with E-state index in [1.165, 1.54) is 0 Å². The molecule has 0 aliphatic heterocycles. The van der Waals surface area contributed by atoms with Gasteiger partial charge in [0.05, 0.1) is 0 Å². The molecule has 100 valence electrons. The van der Waals surface area contributed by atoms with E-state index >= 15 is 0 Å². The van der Waals surface area contributed by atoms with Crippen LogP contribution in [0.4, 0.5) is 4.79 Å². The minimum Gasteiger partial charge on any atom is -0.481 e. The van der Waals surface area contributed by atoms with Gasteiger partial charge >= 0.3 is 12.0 Å². The lowest BCUT2D eigenvalue weighted by atomic mass is 9.94. The fourth-order valence-electron chi connectivity index (χ4n) is 1.70. The number of urea groups is 1. The number of hydrogen-bond donors (Lipinski definition) is 3. The highest BCUT2D eigenvalue weighted by atomic mass is 16.4.